The molecule has 6 rings (SSSR count). The first-order valence-electron chi connectivity index (χ1n) is 22.0. The molecule has 0 saturated carbocycles. The van der Waals surface area contributed by atoms with Crippen molar-refractivity contribution in [1.29, 1.82) is 0 Å². The van der Waals surface area contributed by atoms with E-state index in [1.165, 1.54) is 0 Å². The number of thioether (sulfide) groups is 1. The Morgan fingerprint density at radius 1 is 0.928 bits per heavy atom. The summed E-state index contributed by atoms with van der Waals surface area (Å²) in [6, 6.07) is 0.781. The minimum Gasteiger partial charge on any atom is -0.394 e. The summed E-state index contributed by atoms with van der Waals surface area (Å²) in [4.78, 5) is 67.1. The summed E-state index contributed by atoms with van der Waals surface area (Å²) in [6.45, 7) is -2.23. The molecule has 26 nitrogen and oxygen atoms in total. The van der Waals surface area contributed by atoms with Crippen LogP contribution in [0.15, 0.2) is 28.4 Å². The number of halogens is 3. The summed E-state index contributed by atoms with van der Waals surface area (Å²) < 4.78 is 63.1. The van der Waals surface area contributed by atoms with Gasteiger partial charge in [0.15, 0.2) is 12.6 Å². The van der Waals surface area contributed by atoms with Gasteiger partial charge in [0.05, 0.1) is 37.5 Å². The van der Waals surface area contributed by atoms with E-state index in [4.69, 9.17) is 18.9 Å². The number of carbonyl (C=O) groups excluding carboxylic acids is 4. The van der Waals surface area contributed by atoms with Crippen LogP contribution in [0.1, 0.15) is 60.9 Å². The number of nitrogens with one attached hydrogen (secondary N) is 5. The van der Waals surface area contributed by atoms with Crippen LogP contribution in [0.3, 0.4) is 0 Å². The van der Waals surface area contributed by atoms with Gasteiger partial charge in [0.25, 0.3) is 11.0 Å². The molecule has 0 unspecified atom stereocenters. The smallest absolute Gasteiger partial charge is 0.394 e. The van der Waals surface area contributed by atoms with Crippen LogP contribution in [-0.4, -0.2) is 194 Å². The van der Waals surface area contributed by atoms with Crippen molar-refractivity contribution in [2.75, 3.05) is 38.7 Å². The molecule has 0 aromatic heterocycles. The van der Waals surface area contributed by atoms with E-state index in [1.807, 2.05) is 0 Å². The van der Waals surface area contributed by atoms with Crippen molar-refractivity contribution in [2.45, 2.75) is 142 Å². The number of unbranched alkanes of at least 4 members (excludes halogenated alkanes) is 2. The van der Waals surface area contributed by atoms with Gasteiger partial charge in [-0.3, -0.25) is 19.2 Å². The predicted molar refractivity (Wildman–Crippen MR) is 224 cm³/mol. The SMILES string of the molecule is O=C(CCCC[C@@H]1SC[C@@H]2NC(=O)N[C@@H]21)NCCCC[C@H](NC(=O)c1ccc(C2(C(F)(F)F)N=N2)cc1O[N+](=O)[O-])C(=O)NCCO[C@@H]1O[C@H](CO)[C@@H](O[C@@H]2O[C@H](CO)[C@H](O)[C@H](O)[C@H]2O)[C@H](O)[C@H]1O. The second kappa shape index (κ2) is 23.5. The number of fused-ring (bicyclic) bond motifs is 1. The third kappa shape index (κ3) is 13.0. The number of aliphatic hydroxyl groups is 7. The largest absolute Gasteiger partial charge is 0.442 e. The Bertz CT molecular complexity index is 2010. The second-order valence-electron chi connectivity index (χ2n) is 16.8. The Hall–Kier alpha value is -4.60. The molecule has 4 saturated heterocycles. The number of nitrogens with zero attached hydrogens (tertiary/aromatic N) is 3. The minimum absolute atomic E-state index is 0.0542. The number of ether oxygens (including phenoxy) is 4. The fraction of sp³-hybridized carbons (Fsp3) is 0.744. The number of hydrogen-bond acceptors (Lipinski definition) is 21. The van der Waals surface area contributed by atoms with Crippen molar-refractivity contribution in [3.05, 3.63) is 39.4 Å². The molecule has 5 aliphatic heterocycles. The molecular formula is C39H55F3N8O18S. The molecule has 12 N–H and O–H groups in total. The molecule has 69 heavy (non-hydrogen) atoms. The quantitative estimate of drug-likeness (QED) is 0.0217. The number of amides is 5. The summed E-state index contributed by atoms with van der Waals surface area (Å²) in [5.74, 6) is -2.31. The van der Waals surface area contributed by atoms with Crippen LogP contribution < -0.4 is 31.4 Å². The lowest BCUT2D eigenvalue weighted by Gasteiger charge is -2.45. The van der Waals surface area contributed by atoms with Gasteiger partial charge in [-0.2, -0.15) is 24.9 Å². The molecule has 386 valence electrons. The first kappa shape index (κ1) is 53.7. The van der Waals surface area contributed by atoms with E-state index < -0.39 is 133 Å². The highest BCUT2D eigenvalue weighted by atomic mass is 32.2. The number of carbonyl (C=O) groups is 4. The molecule has 0 bridgehead atoms. The van der Waals surface area contributed by atoms with Crippen LogP contribution >= 0.6 is 11.8 Å². The maximum absolute atomic E-state index is 13.7. The van der Waals surface area contributed by atoms with Crippen LogP contribution in [0.5, 0.6) is 5.75 Å². The van der Waals surface area contributed by atoms with E-state index in [0.717, 1.165) is 30.7 Å². The molecule has 30 heteroatoms. The highest BCUT2D eigenvalue weighted by Gasteiger charge is 2.65. The van der Waals surface area contributed by atoms with E-state index in [1.54, 1.807) is 11.8 Å². The maximum Gasteiger partial charge on any atom is 0.442 e. The van der Waals surface area contributed by atoms with Crippen LogP contribution in [0.4, 0.5) is 18.0 Å². The van der Waals surface area contributed by atoms with Gasteiger partial charge in [0, 0.05) is 36.1 Å². The van der Waals surface area contributed by atoms with Crippen molar-refractivity contribution < 1.29 is 97.0 Å². The normalized spacial score (nSPS) is 31.7. The van der Waals surface area contributed by atoms with Gasteiger partial charge in [-0.25, -0.2) is 4.79 Å². The van der Waals surface area contributed by atoms with Gasteiger partial charge in [-0.15, -0.1) is 20.3 Å². The lowest BCUT2D eigenvalue weighted by Crippen LogP contribution is -2.64. The standard InChI is InChI=1S/C39H55F3N8O18S/c40-39(41,42)38(48-49-38)17-8-9-18(21(13-17)68-50(62)63)33(59)45-19(5-3-4-10-43-25(53)7-2-1-6-24-26-20(16-69-24)46-37(61)47-26)34(60)44-11-12-64-35-31(58)29(56)32(23(15-52)66-35)67-36-30(57)28(55)27(54)22(14-51)65-36/h8-9,13,19-20,22-24,26-32,35-36,51-52,54-58H,1-7,10-12,14-16H2,(H,43,53)(H,44,60)(H,45,59)(H2,46,47,61)/t19-,20-,22+,23+,24-,26-,27-,28-,29+,30+,31+,32+,35+,36-/m0/s1. The number of urea groups is 1. The number of alkyl halides is 3. The molecule has 0 radical (unpaired) electrons. The molecule has 1 aromatic rings. The number of aliphatic hydroxyl groups excluding tert-OH is 7. The first-order chi connectivity index (χ1) is 32.8. The lowest BCUT2D eigenvalue weighted by molar-refractivity contribution is -0.711. The van der Waals surface area contributed by atoms with Crippen LogP contribution in [0.2, 0.25) is 0 Å². The summed E-state index contributed by atoms with van der Waals surface area (Å²) in [6.07, 6.45) is -19.2. The average molecular weight is 1010 g/mol. The van der Waals surface area contributed by atoms with E-state index in [-0.39, 0.29) is 61.6 Å². The number of benzene rings is 1. The van der Waals surface area contributed by atoms with Crippen LogP contribution in [0.25, 0.3) is 0 Å². The lowest BCUT2D eigenvalue weighted by atomic mass is 9.97. The maximum atomic E-state index is 13.7. The van der Waals surface area contributed by atoms with E-state index >= 15 is 0 Å². The van der Waals surface area contributed by atoms with Gasteiger partial charge in [0.2, 0.25) is 11.8 Å². The van der Waals surface area contributed by atoms with E-state index in [0.29, 0.717) is 18.9 Å². The molecule has 1 aromatic carbocycles. The van der Waals surface area contributed by atoms with Crippen LogP contribution in [-0.2, 0) is 34.2 Å². The zero-order chi connectivity index (χ0) is 50.2. The third-order valence-corrected chi connectivity index (χ3v) is 13.6. The molecule has 0 spiro atoms. The fourth-order valence-corrected chi connectivity index (χ4v) is 9.80. The van der Waals surface area contributed by atoms with Crippen molar-refractivity contribution in [3.8, 4) is 5.75 Å². The van der Waals surface area contributed by atoms with Gasteiger partial charge in [-0.1, -0.05) is 12.5 Å². The summed E-state index contributed by atoms with van der Waals surface area (Å²) in [5, 5.41) is 102. The van der Waals surface area contributed by atoms with E-state index in [2.05, 4.69) is 41.7 Å². The molecule has 4 fully saturated rings. The summed E-state index contributed by atoms with van der Waals surface area (Å²) in [7, 11) is 0. The molecular weight excluding hydrogens is 958 g/mol. The van der Waals surface area contributed by atoms with Gasteiger partial charge in [0.1, 0.15) is 60.6 Å². The van der Waals surface area contributed by atoms with Crippen LogP contribution in [0, 0.1) is 10.1 Å². The molecule has 5 heterocycles. The highest BCUT2D eigenvalue weighted by Crippen LogP contribution is 2.53. The molecule has 0 aliphatic carbocycles. The second-order valence-corrected chi connectivity index (χ2v) is 18.1. The van der Waals surface area contributed by atoms with Crippen molar-refractivity contribution in [3.63, 3.8) is 0 Å². The Kier molecular flexibility index (Phi) is 18.3. The van der Waals surface area contributed by atoms with Crippen molar-refractivity contribution >= 4 is 35.5 Å². The number of rotatable bonds is 24. The van der Waals surface area contributed by atoms with Gasteiger partial charge in [-0.05, 0) is 44.2 Å². The van der Waals surface area contributed by atoms with Gasteiger partial charge < -0.3 is 81.3 Å². The van der Waals surface area contributed by atoms with E-state index in [9.17, 15) is 78.2 Å². The fourth-order valence-electron chi connectivity index (χ4n) is 8.26. The molecule has 5 aliphatic rings. The van der Waals surface area contributed by atoms with Crippen molar-refractivity contribution in [1.82, 2.24) is 26.6 Å². The number of hydrogen-bond donors (Lipinski definition) is 12. The predicted octanol–water partition coefficient (Wildman–Crippen LogP) is -2.69. The molecule has 14 atom stereocenters. The monoisotopic (exact) mass is 1010 g/mol. The Morgan fingerprint density at radius 2 is 1.64 bits per heavy atom. The molecule has 5 amide bonds. The van der Waals surface area contributed by atoms with Gasteiger partial charge >= 0.3 is 17.9 Å². The Labute approximate surface area is 394 Å². The Balaban J connectivity index is 1.02. The zero-order valence-electron chi connectivity index (χ0n) is 36.5. The Morgan fingerprint density at radius 3 is 2.32 bits per heavy atom. The summed E-state index contributed by atoms with van der Waals surface area (Å²) >= 11 is 1.77. The topological polar surface area (TPSA) is 384 Å². The highest BCUT2D eigenvalue weighted by molar-refractivity contribution is 8.00. The zero-order valence-corrected chi connectivity index (χ0v) is 37.3. The minimum atomic E-state index is -5.02. The summed E-state index contributed by atoms with van der Waals surface area (Å²) in [5.41, 5.74) is -4.31. The average Bonchev–Trinajstić information content (AvgIpc) is 3.95. The first-order valence-corrected chi connectivity index (χ1v) is 23.0. The third-order valence-electron chi connectivity index (χ3n) is 12.1. The van der Waals surface area contributed by atoms with Crippen molar-refractivity contribution in [2.24, 2.45) is 10.2 Å².